The highest BCUT2D eigenvalue weighted by Gasteiger charge is 2.46. The van der Waals surface area contributed by atoms with Crippen molar-refractivity contribution in [2.45, 2.75) is 52.0 Å². The summed E-state index contributed by atoms with van der Waals surface area (Å²) >= 11 is 0. The minimum Gasteiger partial charge on any atom is -0.430 e. The van der Waals surface area contributed by atoms with Crippen LogP contribution in [0.5, 0.6) is 0 Å². The van der Waals surface area contributed by atoms with Crippen LogP contribution in [-0.4, -0.2) is 36.0 Å². The molecule has 1 aromatic carbocycles. The topological polar surface area (TPSA) is 49.7 Å². The van der Waals surface area contributed by atoms with E-state index in [0.717, 1.165) is 5.19 Å². The summed E-state index contributed by atoms with van der Waals surface area (Å²) in [5.41, 5.74) is -1.83. The van der Waals surface area contributed by atoms with Gasteiger partial charge in [0.05, 0.1) is 11.2 Å². The van der Waals surface area contributed by atoms with Crippen LogP contribution in [0.4, 0.5) is 0 Å². The second kappa shape index (κ2) is 5.40. The monoisotopic (exact) mass is 280 g/mol. The van der Waals surface area contributed by atoms with E-state index in [2.05, 4.69) is 13.1 Å². The molecule has 0 fully saturated rings. The van der Waals surface area contributed by atoms with Gasteiger partial charge in [-0.3, -0.25) is 0 Å². The van der Waals surface area contributed by atoms with Crippen LogP contribution in [0.15, 0.2) is 30.3 Å². The van der Waals surface area contributed by atoms with Crippen molar-refractivity contribution in [3.63, 3.8) is 0 Å². The van der Waals surface area contributed by atoms with Gasteiger partial charge in [-0.2, -0.15) is 0 Å². The average molecular weight is 280 g/mol. The first kappa shape index (κ1) is 16.4. The van der Waals surface area contributed by atoms with Gasteiger partial charge in [-0.05, 0) is 27.7 Å². The summed E-state index contributed by atoms with van der Waals surface area (Å²) in [6.45, 7) is 10.2. The summed E-state index contributed by atoms with van der Waals surface area (Å²) in [6.07, 6.45) is 0. The van der Waals surface area contributed by atoms with Crippen LogP contribution < -0.4 is 5.19 Å². The molecule has 0 spiro atoms. The fourth-order valence-corrected chi connectivity index (χ4v) is 3.51. The molecule has 0 saturated heterocycles. The molecule has 0 radical (unpaired) electrons. The molecule has 0 aromatic heterocycles. The van der Waals surface area contributed by atoms with Crippen LogP contribution in [0.2, 0.25) is 13.1 Å². The molecule has 1 aromatic rings. The average Bonchev–Trinajstić information content (AvgIpc) is 2.28. The van der Waals surface area contributed by atoms with Crippen molar-refractivity contribution in [1.82, 2.24) is 0 Å². The molecule has 0 aliphatic heterocycles. The van der Waals surface area contributed by atoms with Gasteiger partial charge < -0.3 is 14.8 Å². The zero-order valence-electron chi connectivity index (χ0n) is 12.8. The number of hydrogen-bond acceptors (Lipinski definition) is 3. The molecule has 1 rings (SSSR count). The highest BCUT2D eigenvalue weighted by Crippen LogP contribution is 2.27. The first-order valence-corrected chi connectivity index (χ1v) is 9.70. The number of aliphatic hydroxyl groups is 1. The fourth-order valence-electron chi connectivity index (χ4n) is 1.58. The summed E-state index contributed by atoms with van der Waals surface area (Å²) < 4.78 is 5.79. The summed E-state index contributed by atoms with van der Waals surface area (Å²) in [7, 11) is -2.15. The maximum atomic E-state index is 10.5. The van der Waals surface area contributed by atoms with Crippen LogP contribution in [0.25, 0.3) is 0 Å². The van der Waals surface area contributed by atoms with Crippen LogP contribution in [-0.2, 0) is 4.65 Å². The Morgan fingerprint density at radius 2 is 1.53 bits per heavy atom. The maximum absolute atomic E-state index is 10.5. The summed E-state index contributed by atoms with van der Waals surface area (Å²) in [5, 5.41) is 21.7. The van der Waals surface area contributed by atoms with E-state index in [9.17, 15) is 10.1 Å². The Morgan fingerprint density at radius 1 is 1.05 bits per heavy atom. The molecule has 0 saturated carbocycles. The molecule has 0 atom stereocenters. The normalized spacial score (nSPS) is 13.5. The third-order valence-corrected chi connectivity index (χ3v) is 7.19. The molecular weight excluding hydrogens is 255 g/mol. The van der Waals surface area contributed by atoms with Gasteiger partial charge in [0.25, 0.3) is 0 Å². The SMILES string of the molecule is CC(C)(O)C(C)(C)OB(O)[Si](C)(C)c1ccccc1. The Balaban J connectivity index is 2.92. The van der Waals surface area contributed by atoms with E-state index in [4.69, 9.17) is 4.65 Å². The Kier molecular flexibility index (Phi) is 4.67. The van der Waals surface area contributed by atoms with Crippen molar-refractivity contribution in [3.8, 4) is 0 Å². The first-order chi connectivity index (χ1) is 8.48. The van der Waals surface area contributed by atoms with Crippen molar-refractivity contribution in [2.24, 2.45) is 0 Å². The number of rotatable bonds is 5. The molecule has 106 valence electrons. The van der Waals surface area contributed by atoms with Crippen molar-refractivity contribution >= 4 is 19.8 Å². The third-order valence-electron chi connectivity index (χ3n) is 4.01. The smallest absolute Gasteiger partial charge is 0.430 e. The van der Waals surface area contributed by atoms with Gasteiger partial charge in [-0.1, -0.05) is 48.6 Å². The van der Waals surface area contributed by atoms with E-state index in [-0.39, 0.29) is 0 Å². The largest absolute Gasteiger partial charge is 0.435 e. The predicted molar refractivity (Wildman–Crippen MR) is 83.0 cm³/mol. The van der Waals surface area contributed by atoms with E-state index in [1.165, 1.54) is 0 Å². The lowest BCUT2D eigenvalue weighted by Gasteiger charge is -2.41. The lowest BCUT2D eigenvalue weighted by molar-refractivity contribution is -0.0976. The lowest BCUT2D eigenvalue weighted by Crippen LogP contribution is -2.62. The third kappa shape index (κ3) is 3.69. The van der Waals surface area contributed by atoms with E-state index >= 15 is 0 Å². The minimum absolute atomic E-state index is 0.814. The molecule has 19 heavy (non-hydrogen) atoms. The van der Waals surface area contributed by atoms with Crippen LogP contribution in [0.1, 0.15) is 27.7 Å². The van der Waals surface area contributed by atoms with E-state index in [1.54, 1.807) is 27.7 Å². The molecule has 0 heterocycles. The van der Waals surface area contributed by atoms with Gasteiger partial charge in [0.15, 0.2) is 0 Å². The van der Waals surface area contributed by atoms with Crippen molar-refractivity contribution < 1.29 is 14.8 Å². The predicted octanol–water partition coefficient (Wildman–Crippen LogP) is 1.73. The quantitative estimate of drug-likeness (QED) is 0.808. The highest BCUT2D eigenvalue weighted by molar-refractivity contribution is 7.33. The second-order valence-corrected chi connectivity index (χ2v) is 11.1. The molecule has 0 unspecified atom stereocenters. The maximum Gasteiger partial charge on any atom is 0.435 e. The lowest BCUT2D eigenvalue weighted by atomic mass is 9.88. The Hall–Kier alpha value is -0.618. The minimum atomic E-state index is -2.15. The molecule has 0 aliphatic carbocycles. The zero-order valence-corrected chi connectivity index (χ0v) is 13.8. The van der Waals surface area contributed by atoms with Crippen LogP contribution >= 0.6 is 0 Å². The van der Waals surface area contributed by atoms with E-state index in [0.29, 0.717) is 0 Å². The Labute approximate surface area is 117 Å². The molecule has 3 nitrogen and oxygen atoms in total. The van der Waals surface area contributed by atoms with Crippen molar-refractivity contribution in [3.05, 3.63) is 30.3 Å². The number of hydrogen-bond donors (Lipinski definition) is 2. The molecule has 2 N–H and O–H groups in total. The van der Waals surface area contributed by atoms with E-state index < -0.39 is 25.9 Å². The summed E-state index contributed by atoms with van der Waals surface area (Å²) in [6, 6.07) is 9.95. The zero-order chi connectivity index (χ0) is 14.9. The van der Waals surface area contributed by atoms with Crippen molar-refractivity contribution in [2.75, 3.05) is 0 Å². The van der Waals surface area contributed by atoms with Crippen LogP contribution in [0, 0.1) is 0 Å². The van der Waals surface area contributed by atoms with Gasteiger partial charge in [0.1, 0.15) is 7.94 Å². The fraction of sp³-hybridized carbons (Fsp3) is 0.571. The Bertz CT molecular complexity index is 412. The van der Waals surface area contributed by atoms with E-state index in [1.807, 2.05) is 30.3 Å². The Morgan fingerprint density at radius 3 is 1.95 bits per heavy atom. The van der Waals surface area contributed by atoms with Crippen LogP contribution in [0.3, 0.4) is 0 Å². The molecule has 5 heteroatoms. The molecule has 0 bridgehead atoms. The van der Waals surface area contributed by atoms with Gasteiger partial charge in [0.2, 0.25) is 0 Å². The van der Waals surface area contributed by atoms with Gasteiger partial charge in [-0.15, -0.1) is 0 Å². The summed E-state index contributed by atoms with van der Waals surface area (Å²) in [5.74, 6) is 0. The van der Waals surface area contributed by atoms with Gasteiger partial charge in [-0.25, -0.2) is 0 Å². The number of benzene rings is 1. The van der Waals surface area contributed by atoms with Gasteiger partial charge in [0, 0.05) is 0 Å². The second-order valence-electron chi connectivity index (χ2n) is 6.63. The first-order valence-electron chi connectivity index (χ1n) is 6.62. The van der Waals surface area contributed by atoms with Crippen molar-refractivity contribution in [1.29, 1.82) is 0 Å². The molecule has 0 amide bonds. The molecule has 0 aliphatic rings. The standard InChI is InChI=1S/C14H25BO3Si/c1-13(2,16)14(3,4)18-15(17)19(5,6)12-10-8-7-9-11-12/h7-11,16-17H,1-6H3. The summed E-state index contributed by atoms with van der Waals surface area (Å²) in [4.78, 5) is 0. The van der Waals surface area contributed by atoms with Gasteiger partial charge >= 0.3 is 6.71 Å². The molecular formula is C14H25BO3Si. The highest BCUT2D eigenvalue weighted by atomic mass is 28.3.